The van der Waals surface area contributed by atoms with Gasteiger partial charge in [-0.1, -0.05) is 23.2 Å². The Hall–Kier alpha value is -1.71. The van der Waals surface area contributed by atoms with Crippen LogP contribution in [0.25, 0.3) is 20.8 Å². The van der Waals surface area contributed by atoms with Crippen LogP contribution in [0, 0.1) is 5.92 Å². The second-order valence-electron chi connectivity index (χ2n) is 6.55. The first-order valence-corrected chi connectivity index (χ1v) is 9.96. The summed E-state index contributed by atoms with van der Waals surface area (Å²) in [5, 5.41) is 24.2. The predicted octanol–water partition coefficient (Wildman–Crippen LogP) is 3.19. The fourth-order valence-corrected chi connectivity index (χ4v) is 4.97. The molecular formula is C17H17Cl2N5O2S. The topological polar surface area (TPSA) is 117 Å². The van der Waals surface area contributed by atoms with Gasteiger partial charge < -0.3 is 21.3 Å². The Balaban J connectivity index is 1.73. The van der Waals surface area contributed by atoms with Crippen molar-refractivity contribution >= 4 is 56.5 Å². The van der Waals surface area contributed by atoms with Crippen LogP contribution in [0.2, 0.25) is 10.2 Å². The normalized spacial score (nSPS) is 22.4. The molecule has 0 aliphatic heterocycles. The van der Waals surface area contributed by atoms with E-state index in [4.69, 9.17) is 28.9 Å². The SMILES string of the molecule is Nc1nc(Cl)c(-c2nc3ccc(Cl)cc3s2)c(N[C@@H]2C[C@H](CO)[C@@H](O)C2)n1. The number of nitrogen functional groups attached to an aromatic ring is 1. The summed E-state index contributed by atoms with van der Waals surface area (Å²) in [6, 6.07) is 5.40. The molecule has 2 aromatic heterocycles. The van der Waals surface area contributed by atoms with Crippen LogP contribution in [0.4, 0.5) is 11.8 Å². The van der Waals surface area contributed by atoms with Crippen molar-refractivity contribution < 1.29 is 10.2 Å². The number of fused-ring (bicyclic) bond motifs is 1. The Kier molecular flexibility index (Phi) is 5.09. The van der Waals surface area contributed by atoms with E-state index in [0.29, 0.717) is 34.3 Å². The number of anilines is 2. The van der Waals surface area contributed by atoms with Gasteiger partial charge in [0.2, 0.25) is 5.95 Å². The standard InChI is InChI=1S/C17H17Cl2N5O2S/c18-8-1-2-10-12(4-8)27-16(22-10)13-14(19)23-17(20)24-15(13)21-9-3-7(6-25)11(26)5-9/h1-2,4,7,9,11,25-26H,3,5-6H2,(H3,20,21,23,24)/t7-,9-,11+/m1/s1. The van der Waals surface area contributed by atoms with E-state index >= 15 is 0 Å². The van der Waals surface area contributed by atoms with Crippen LogP contribution in [0.1, 0.15) is 12.8 Å². The van der Waals surface area contributed by atoms with Gasteiger partial charge in [0.15, 0.2) is 0 Å². The Morgan fingerprint density at radius 1 is 1.22 bits per heavy atom. The molecule has 1 aliphatic rings. The largest absolute Gasteiger partial charge is 0.396 e. The van der Waals surface area contributed by atoms with Gasteiger partial charge in [0.25, 0.3) is 0 Å². The quantitative estimate of drug-likeness (QED) is 0.474. The third-order valence-corrected chi connectivity index (χ3v) is 6.22. The number of nitrogens with zero attached hydrogens (tertiary/aromatic N) is 3. The molecule has 2 heterocycles. The second kappa shape index (κ2) is 7.37. The number of nitrogens with two attached hydrogens (primary N) is 1. The Morgan fingerprint density at radius 3 is 2.78 bits per heavy atom. The van der Waals surface area contributed by atoms with E-state index in [1.54, 1.807) is 6.07 Å². The van der Waals surface area contributed by atoms with Gasteiger partial charge >= 0.3 is 0 Å². The maximum atomic E-state index is 10.0. The molecule has 0 saturated heterocycles. The lowest BCUT2D eigenvalue weighted by molar-refractivity contribution is 0.0908. The van der Waals surface area contributed by atoms with Crippen LogP contribution in [-0.4, -0.2) is 43.9 Å². The van der Waals surface area contributed by atoms with Gasteiger partial charge in [-0.3, -0.25) is 0 Å². The molecule has 7 nitrogen and oxygen atoms in total. The average molecular weight is 426 g/mol. The number of hydrogen-bond acceptors (Lipinski definition) is 8. The summed E-state index contributed by atoms with van der Waals surface area (Å²) in [5.74, 6) is 0.353. The van der Waals surface area contributed by atoms with Crippen LogP contribution in [0.5, 0.6) is 0 Å². The van der Waals surface area contributed by atoms with E-state index in [1.165, 1.54) is 11.3 Å². The van der Waals surface area contributed by atoms with E-state index < -0.39 is 6.10 Å². The molecule has 0 spiro atoms. The fourth-order valence-electron chi connectivity index (χ4n) is 3.36. The predicted molar refractivity (Wildman–Crippen MR) is 108 cm³/mol. The fraction of sp³-hybridized carbons (Fsp3) is 0.353. The van der Waals surface area contributed by atoms with Crippen LogP contribution in [0.3, 0.4) is 0 Å². The lowest BCUT2D eigenvalue weighted by Crippen LogP contribution is -2.19. The smallest absolute Gasteiger partial charge is 0.223 e. The molecule has 27 heavy (non-hydrogen) atoms. The van der Waals surface area contributed by atoms with Gasteiger partial charge in [0, 0.05) is 23.6 Å². The third-order valence-electron chi connectivity index (χ3n) is 4.68. The van der Waals surface area contributed by atoms with Crippen molar-refractivity contribution in [2.75, 3.05) is 17.7 Å². The Labute approximate surface area is 169 Å². The van der Waals surface area contributed by atoms with Crippen molar-refractivity contribution in [3.05, 3.63) is 28.4 Å². The van der Waals surface area contributed by atoms with Crippen molar-refractivity contribution in [2.24, 2.45) is 5.92 Å². The molecule has 5 N–H and O–H groups in total. The molecule has 4 rings (SSSR count). The molecule has 10 heteroatoms. The number of hydrogen-bond donors (Lipinski definition) is 4. The van der Waals surface area contributed by atoms with Crippen LogP contribution >= 0.6 is 34.5 Å². The van der Waals surface area contributed by atoms with Crippen molar-refractivity contribution in [3.63, 3.8) is 0 Å². The van der Waals surface area contributed by atoms with E-state index in [9.17, 15) is 10.2 Å². The van der Waals surface area contributed by atoms with Gasteiger partial charge in [-0.15, -0.1) is 11.3 Å². The molecule has 142 valence electrons. The maximum Gasteiger partial charge on any atom is 0.223 e. The van der Waals surface area contributed by atoms with E-state index in [-0.39, 0.29) is 29.7 Å². The zero-order chi connectivity index (χ0) is 19.1. The maximum absolute atomic E-state index is 10.0. The number of benzene rings is 1. The Morgan fingerprint density at radius 2 is 2.04 bits per heavy atom. The minimum Gasteiger partial charge on any atom is -0.396 e. The summed E-state index contributed by atoms with van der Waals surface area (Å²) in [6.07, 6.45) is 0.561. The van der Waals surface area contributed by atoms with Crippen LogP contribution in [-0.2, 0) is 0 Å². The van der Waals surface area contributed by atoms with Gasteiger partial charge in [-0.25, -0.2) is 9.97 Å². The minimum atomic E-state index is -0.560. The van der Waals surface area contributed by atoms with Gasteiger partial charge in [-0.2, -0.15) is 4.98 Å². The summed E-state index contributed by atoms with van der Waals surface area (Å²) >= 11 is 13.9. The number of aliphatic hydroxyl groups excluding tert-OH is 2. The van der Waals surface area contributed by atoms with Crippen molar-refractivity contribution in [1.82, 2.24) is 15.0 Å². The van der Waals surface area contributed by atoms with Crippen LogP contribution < -0.4 is 11.1 Å². The van der Waals surface area contributed by atoms with Crippen LogP contribution in [0.15, 0.2) is 18.2 Å². The molecule has 1 fully saturated rings. The van der Waals surface area contributed by atoms with Gasteiger partial charge in [0.05, 0.1) is 21.9 Å². The summed E-state index contributed by atoms with van der Waals surface area (Å²) in [4.78, 5) is 13.0. The summed E-state index contributed by atoms with van der Waals surface area (Å²) in [5.41, 5.74) is 7.15. The highest BCUT2D eigenvalue weighted by Gasteiger charge is 2.33. The Bertz CT molecular complexity index is 999. The lowest BCUT2D eigenvalue weighted by atomic mass is 10.1. The number of rotatable bonds is 4. The summed E-state index contributed by atoms with van der Waals surface area (Å²) < 4.78 is 0.924. The molecule has 0 unspecified atom stereocenters. The number of thiazole rings is 1. The van der Waals surface area contributed by atoms with Gasteiger partial charge in [0.1, 0.15) is 16.0 Å². The van der Waals surface area contributed by atoms with Crippen molar-refractivity contribution in [2.45, 2.75) is 25.0 Å². The molecule has 0 amide bonds. The highest BCUT2D eigenvalue weighted by Crippen LogP contribution is 2.40. The highest BCUT2D eigenvalue weighted by molar-refractivity contribution is 7.21. The monoisotopic (exact) mass is 425 g/mol. The molecule has 0 radical (unpaired) electrons. The zero-order valence-corrected chi connectivity index (χ0v) is 16.4. The van der Waals surface area contributed by atoms with E-state index in [1.807, 2.05) is 12.1 Å². The van der Waals surface area contributed by atoms with Crippen molar-refractivity contribution in [3.8, 4) is 10.6 Å². The number of halogens is 2. The molecule has 1 aromatic carbocycles. The van der Waals surface area contributed by atoms with Gasteiger partial charge in [-0.05, 0) is 31.0 Å². The highest BCUT2D eigenvalue weighted by atomic mass is 35.5. The molecular weight excluding hydrogens is 409 g/mol. The van der Waals surface area contributed by atoms with E-state index in [2.05, 4.69) is 20.3 Å². The molecule has 3 atom stereocenters. The number of aliphatic hydroxyl groups is 2. The molecule has 0 bridgehead atoms. The van der Waals surface area contributed by atoms with E-state index in [0.717, 1.165) is 10.2 Å². The lowest BCUT2D eigenvalue weighted by Gasteiger charge is -2.16. The number of nitrogens with one attached hydrogen (secondary N) is 1. The third kappa shape index (κ3) is 3.68. The first-order valence-electron chi connectivity index (χ1n) is 8.39. The molecule has 3 aromatic rings. The minimum absolute atomic E-state index is 0.0488. The molecule has 1 saturated carbocycles. The first-order chi connectivity index (χ1) is 12.9. The number of aromatic nitrogens is 3. The first kappa shape index (κ1) is 18.6. The average Bonchev–Trinajstić information content (AvgIpc) is 3.16. The summed E-state index contributed by atoms with van der Waals surface area (Å²) in [7, 11) is 0. The zero-order valence-electron chi connectivity index (χ0n) is 14.1. The second-order valence-corrected chi connectivity index (χ2v) is 8.38. The molecule has 1 aliphatic carbocycles. The summed E-state index contributed by atoms with van der Waals surface area (Å²) in [6.45, 7) is -0.0580. The van der Waals surface area contributed by atoms with Crippen molar-refractivity contribution in [1.29, 1.82) is 0 Å².